The number of ether oxygens (including phenoxy) is 1. The van der Waals surface area contributed by atoms with Gasteiger partial charge in [-0.15, -0.1) is 0 Å². The van der Waals surface area contributed by atoms with Crippen LogP contribution in [0, 0.1) is 0 Å². The van der Waals surface area contributed by atoms with Crippen molar-refractivity contribution < 1.29 is 14.3 Å². The fourth-order valence-electron chi connectivity index (χ4n) is 3.43. The lowest BCUT2D eigenvalue weighted by atomic mass is 10.0. The number of methoxy groups -OCH3 is 1. The number of nitrogens with zero attached hydrogens (tertiary/aromatic N) is 2. The highest BCUT2D eigenvalue weighted by Gasteiger charge is 2.32. The van der Waals surface area contributed by atoms with Gasteiger partial charge in [0.1, 0.15) is 6.54 Å². The molecule has 0 spiro atoms. The number of aryl methyl sites for hydroxylation is 1. The summed E-state index contributed by atoms with van der Waals surface area (Å²) < 4.78 is 5.20. The number of carbonyl (C=O) groups is 2. The fourth-order valence-corrected chi connectivity index (χ4v) is 3.43. The van der Waals surface area contributed by atoms with Crippen LogP contribution >= 0.6 is 0 Å². The van der Waals surface area contributed by atoms with Gasteiger partial charge in [-0.2, -0.15) is 0 Å². The van der Waals surface area contributed by atoms with Crippen molar-refractivity contribution in [2.24, 2.45) is 0 Å². The topological polar surface area (TPSA) is 49.9 Å². The van der Waals surface area contributed by atoms with Crippen molar-refractivity contribution in [3.8, 4) is 0 Å². The molecule has 118 valence electrons. The van der Waals surface area contributed by atoms with Gasteiger partial charge < -0.3 is 14.5 Å². The lowest BCUT2D eigenvalue weighted by Gasteiger charge is -2.32. The Kier molecular flexibility index (Phi) is 4.43. The summed E-state index contributed by atoms with van der Waals surface area (Å²) in [6, 6.07) is 7.99. The lowest BCUT2D eigenvalue weighted by Crippen LogP contribution is -2.47. The van der Waals surface area contributed by atoms with Crippen LogP contribution in [0.25, 0.3) is 0 Å². The molecule has 2 aliphatic rings. The van der Waals surface area contributed by atoms with Crippen LogP contribution < -0.4 is 4.90 Å². The Morgan fingerprint density at radius 2 is 2.14 bits per heavy atom. The largest absolute Gasteiger partial charge is 0.383 e. The first-order chi connectivity index (χ1) is 10.7. The van der Waals surface area contributed by atoms with Crippen molar-refractivity contribution in [1.29, 1.82) is 0 Å². The first-order valence-electron chi connectivity index (χ1n) is 7.87. The second kappa shape index (κ2) is 6.48. The monoisotopic (exact) mass is 302 g/mol. The predicted octanol–water partition coefficient (Wildman–Crippen LogP) is 1.60. The van der Waals surface area contributed by atoms with Gasteiger partial charge in [-0.25, -0.2) is 0 Å². The first-order valence-corrected chi connectivity index (χ1v) is 7.87. The fraction of sp³-hybridized carbons (Fsp3) is 0.529. The lowest BCUT2D eigenvalue weighted by molar-refractivity contribution is -0.133. The molecule has 0 saturated carbocycles. The summed E-state index contributed by atoms with van der Waals surface area (Å²) in [4.78, 5) is 28.4. The van der Waals surface area contributed by atoms with Gasteiger partial charge in [-0.05, 0) is 30.9 Å². The molecule has 1 unspecified atom stereocenters. The molecule has 2 amide bonds. The molecule has 1 aromatic rings. The Hall–Kier alpha value is -1.88. The van der Waals surface area contributed by atoms with Gasteiger partial charge in [-0.3, -0.25) is 9.59 Å². The SMILES string of the molecule is COCC1CCCN1C(=O)CN1C(=O)CCc2ccccc21. The standard InChI is InChI=1S/C17H22N2O3/c1-22-12-14-6-4-10-18(14)17(21)11-19-15-7-3-2-5-13(15)8-9-16(19)20/h2-3,5,7,14H,4,6,8-12H2,1H3. The number of hydrogen-bond donors (Lipinski definition) is 0. The number of benzene rings is 1. The molecule has 1 aromatic carbocycles. The molecule has 0 aliphatic carbocycles. The summed E-state index contributed by atoms with van der Waals surface area (Å²) in [6.07, 6.45) is 3.22. The minimum Gasteiger partial charge on any atom is -0.383 e. The van der Waals surface area contributed by atoms with Gasteiger partial charge in [-0.1, -0.05) is 18.2 Å². The smallest absolute Gasteiger partial charge is 0.242 e. The molecule has 2 heterocycles. The molecule has 2 aliphatic heterocycles. The van der Waals surface area contributed by atoms with E-state index in [9.17, 15) is 9.59 Å². The molecule has 1 saturated heterocycles. The molecule has 5 heteroatoms. The third kappa shape index (κ3) is 2.86. The minimum absolute atomic E-state index is 0.0182. The normalized spacial score (nSPS) is 21.1. The number of carbonyl (C=O) groups excluding carboxylic acids is 2. The molecule has 0 radical (unpaired) electrons. The number of hydrogen-bond acceptors (Lipinski definition) is 3. The third-order valence-corrected chi connectivity index (χ3v) is 4.54. The Morgan fingerprint density at radius 1 is 1.32 bits per heavy atom. The molecule has 1 fully saturated rings. The zero-order valence-electron chi connectivity index (χ0n) is 13.0. The van der Waals surface area contributed by atoms with Gasteiger partial charge in [0.15, 0.2) is 0 Å². The Morgan fingerprint density at radius 3 is 2.95 bits per heavy atom. The van der Waals surface area contributed by atoms with Crippen LogP contribution in [0.3, 0.4) is 0 Å². The number of para-hydroxylation sites is 1. The Labute approximate surface area is 130 Å². The van der Waals surface area contributed by atoms with Crippen LogP contribution in [0.2, 0.25) is 0 Å². The van der Waals surface area contributed by atoms with Gasteiger partial charge in [0.05, 0.1) is 12.6 Å². The van der Waals surface area contributed by atoms with Gasteiger partial charge >= 0.3 is 0 Å². The zero-order valence-corrected chi connectivity index (χ0v) is 13.0. The van der Waals surface area contributed by atoms with Gasteiger partial charge in [0, 0.05) is 25.8 Å². The molecule has 3 rings (SSSR count). The highest BCUT2D eigenvalue weighted by atomic mass is 16.5. The molecule has 0 N–H and O–H groups in total. The number of amides is 2. The van der Waals surface area contributed by atoms with Gasteiger partial charge in [0.2, 0.25) is 11.8 Å². The Bertz CT molecular complexity index is 573. The summed E-state index contributed by atoms with van der Waals surface area (Å²) in [5.41, 5.74) is 2.03. The first kappa shape index (κ1) is 15.0. The number of likely N-dealkylation sites (tertiary alicyclic amines) is 1. The van der Waals surface area contributed by atoms with E-state index in [0.29, 0.717) is 13.0 Å². The highest BCUT2D eigenvalue weighted by molar-refractivity contribution is 6.01. The van der Waals surface area contributed by atoms with Crippen LogP contribution in [0.1, 0.15) is 24.8 Å². The van der Waals surface area contributed by atoms with Crippen molar-refractivity contribution in [2.75, 3.05) is 31.7 Å². The van der Waals surface area contributed by atoms with Gasteiger partial charge in [0.25, 0.3) is 0 Å². The van der Waals surface area contributed by atoms with Crippen molar-refractivity contribution >= 4 is 17.5 Å². The summed E-state index contributed by atoms with van der Waals surface area (Å²) in [5, 5.41) is 0. The van der Waals surface area contributed by atoms with Crippen LogP contribution in [0.4, 0.5) is 5.69 Å². The summed E-state index contributed by atoms with van der Waals surface area (Å²) in [6.45, 7) is 1.46. The molecular weight excluding hydrogens is 280 g/mol. The van der Waals surface area contributed by atoms with Crippen molar-refractivity contribution in [2.45, 2.75) is 31.7 Å². The summed E-state index contributed by atoms with van der Waals surface area (Å²) in [5.74, 6) is 0.0548. The zero-order chi connectivity index (χ0) is 15.5. The predicted molar refractivity (Wildman–Crippen MR) is 83.7 cm³/mol. The Balaban J connectivity index is 1.75. The maximum Gasteiger partial charge on any atom is 0.242 e. The average molecular weight is 302 g/mol. The number of anilines is 1. The highest BCUT2D eigenvalue weighted by Crippen LogP contribution is 2.28. The second-order valence-electron chi connectivity index (χ2n) is 5.95. The number of fused-ring (bicyclic) bond motifs is 1. The molecule has 5 nitrogen and oxygen atoms in total. The van der Waals surface area contributed by atoms with E-state index in [2.05, 4.69) is 0 Å². The van der Waals surface area contributed by atoms with Crippen molar-refractivity contribution in [1.82, 2.24) is 4.90 Å². The van der Waals surface area contributed by atoms with E-state index >= 15 is 0 Å². The molecule has 0 aromatic heterocycles. The number of rotatable bonds is 4. The third-order valence-electron chi connectivity index (χ3n) is 4.54. The molecular formula is C17H22N2O3. The van der Waals surface area contributed by atoms with E-state index in [0.717, 1.165) is 37.1 Å². The second-order valence-corrected chi connectivity index (χ2v) is 5.95. The quantitative estimate of drug-likeness (QED) is 0.849. The van der Waals surface area contributed by atoms with E-state index < -0.39 is 0 Å². The van der Waals surface area contributed by atoms with Crippen LogP contribution in [0.5, 0.6) is 0 Å². The van der Waals surface area contributed by atoms with E-state index in [-0.39, 0.29) is 24.4 Å². The van der Waals surface area contributed by atoms with E-state index in [4.69, 9.17) is 4.74 Å². The van der Waals surface area contributed by atoms with Crippen LogP contribution in [0.15, 0.2) is 24.3 Å². The van der Waals surface area contributed by atoms with Crippen molar-refractivity contribution in [3.63, 3.8) is 0 Å². The maximum absolute atomic E-state index is 12.6. The maximum atomic E-state index is 12.6. The van der Waals surface area contributed by atoms with Crippen LogP contribution in [-0.4, -0.2) is 49.6 Å². The van der Waals surface area contributed by atoms with E-state index in [1.54, 1.807) is 12.0 Å². The molecule has 1 atom stereocenters. The van der Waals surface area contributed by atoms with Crippen LogP contribution in [-0.2, 0) is 20.7 Å². The van der Waals surface area contributed by atoms with E-state index in [1.807, 2.05) is 29.2 Å². The summed E-state index contributed by atoms with van der Waals surface area (Å²) in [7, 11) is 1.66. The molecule has 22 heavy (non-hydrogen) atoms. The van der Waals surface area contributed by atoms with E-state index in [1.165, 1.54) is 0 Å². The minimum atomic E-state index is 0.0182. The average Bonchev–Trinajstić information content (AvgIpc) is 2.99. The molecule has 0 bridgehead atoms. The summed E-state index contributed by atoms with van der Waals surface area (Å²) >= 11 is 0. The van der Waals surface area contributed by atoms with Crippen molar-refractivity contribution in [3.05, 3.63) is 29.8 Å².